The van der Waals surface area contributed by atoms with Crippen molar-refractivity contribution in [2.45, 2.75) is 38.0 Å². The number of likely N-dealkylation sites (N-methyl/N-ethyl adjacent to an activating group) is 1. The van der Waals surface area contributed by atoms with Gasteiger partial charge in [-0.05, 0) is 73.9 Å². The molecule has 0 aromatic heterocycles. The average Bonchev–Trinajstić information content (AvgIpc) is 3.36. The Hall–Kier alpha value is -2.56. The fourth-order valence-corrected chi connectivity index (χ4v) is 6.35. The fourth-order valence-electron chi connectivity index (χ4n) is 6.35. The second kappa shape index (κ2) is 7.29. The number of hydrogen-bond acceptors (Lipinski definition) is 4. The molecule has 0 radical (unpaired) electrons. The van der Waals surface area contributed by atoms with Gasteiger partial charge in [-0.25, -0.2) is 0 Å². The molecule has 1 spiro atoms. The molecular weight excluding hydrogens is 376 g/mol. The van der Waals surface area contributed by atoms with Crippen LogP contribution in [0.5, 0.6) is 0 Å². The van der Waals surface area contributed by atoms with Crippen molar-refractivity contribution in [3.8, 4) is 0 Å². The first-order chi connectivity index (χ1) is 14.6. The molecule has 5 nitrogen and oxygen atoms in total. The number of benzene rings is 1. The standard InChI is InChI=1S/C25H30N2O3/c1-3-30-23(28)22-19-11-10-18(16-17(19)12-15-27-13-6-7-14-27)25(22)20-8-4-5-9-21(20)26(2)24(25)29/h4-5,8-9,12,15-16,18-19,22H,3,6-7,10-11,13-14H2,1-2H3/b15-12-. The maximum atomic E-state index is 13.8. The van der Waals surface area contributed by atoms with Gasteiger partial charge in [-0.2, -0.15) is 0 Å². The Balaban J connectivity index is 1.63. The molecule has 2 fully saturated rings. The summed E-state index contributed by atoms with van der Waals surface area (Å²) in [5.41, 5.74) is 2.27. The lowest BCUT2D eigenvalue weighted by atomic mass is 9.49. The molecule has 1 saturated carbocycles. The first-order valence-electron chi connectivity index (χ1n) is 11.3. The predicted octanol–water partition coefficient (Wildman–Crippen LogP) is 3.66. The van der Waals surface area contributed by atoms with Crippen LogP contribution >= 0.6 is 0 Å². The smallest absolute Gasteiger partial charge is 0.311 e. The Morgan fingerprint density at radius 2 is 2.00 bits per heavy atom. The van der Waals surface area contributed by atoms with Gasteiger partial charge in [0, 0.05) is 25.8 Å². The van der Waals surface area contributed by atoms with Crippen LogP contribution in [-0.4, -0.2) is 43.5 Å². The fraction of sp³-hybridized carbons (Fsp3) is 0.520. The topological polar surface area (TPSA) is 49.9 Å². The summed E-state index contributed by atoms with van der Waals surface area (Å²) in [5.74, 6) is -0.649. The van der Waals surface area contributed by atoms with Crippen molar-refractivity contribution in [1.29, 1.82) is 0 Å². The van der Waals surface area contributed by atoms with Crippen molar-refractivity contribution in [3.63, 3.8) is 0 Å². The van der Waals surface area contributed by atoms with E-state index in [1.54, 1.807) is 4.90 Å². The maximum absolute atomic E-state index is 13.8. The number of nitrogens with zero attached hydrogens (tertiary/aromatic N) is 2. The minimum atomic E-state index is -0.842. The molecule has 3 aliphatic carbocycles. The third-order valence-electron chi connectivity index (χ3n) is 7.62. The van der Waals surface area contributed by atoms with Crippen LogP contribution in [-0.2, 0) is 19.7 Å². The molecule has 4 atom stereocenters. The van der Waals surface area contributed by atoms with E-state index in [-0.39, 0.29) is 23.7 Å². The number of ether oxygens (including phenoxy) is 1. The van der Waals surface area contributed by atoms with Crippen molar-refractivity contribution in [1.82, 2.24) is 4.90 Å². The summed E-state index contributed by atoms with van der Waals surface area (Å²) in [6.45, 7) is 4.36. The lowest BCUT2D eigenvalue weighted by Crippen LogP contribution is -2.59. The van der Waals surface area contributed by atoms with Gasteiger partial charge < -0.3 is 14.5 Å². The highest BCUT2D eigenvalue weighted by Gasteiger charge is 2.66. The summed E-state index contributed by atoms with van der Waals surface area (Å²) in [4.78, 5) is 31.2. The number of likely N-dealkylation sites (tertiary alicyclic amines) is 1. The monoisotopic (exact) mass is 406 g/mol. The number of carbonyl (C=O) groups excluding carboxylic acids is 2. The van der Waals surface area contributed by atoms with Gasteiger partial charge in [0.15, 0.2) is 0 Å². The molecule has 5 heteroatoms. The Morgan fingerprint density at radius 3 is 2.77 bits per heavy atom. The van der Waals surface area contributed by atoms with Gasteiger partial charge in [0.25, 0.3) is 0 Å². The van der Waals surface area contributed by atoms with Crippen LogP contribution in [0.1, 0.15) is 38.2 Å². The third-order valence-corrected chi connectivity index (χ3v) is 7.62. The van der Waals surface area contributed by atoms with Crippen LogP contribution in [0.15, 0.2) is 48.2 Å². The SMILES string of the molecule is CCOC(=O)C1C2CCC(C=C2/C=C\N2CCCC2)C12C(=O)N(C)c1ccccc12. The van der Waals surface area contributed by atoms with Gasteiger partial charge in [0.05, 0.1) is 17.9 Å². The van der Waals surface area contributed by atoms with Gasteiger partial charge in [-0.1, -0.05) is 24.3 Å². The van der Waals surface area contributed by atoms with Gasteiger partial charge in [-0.15, -0.1) is 0 Å². The van der Waals surface area contributed by atoms with Crippen molar-refractivity contribution < 1.29 is 14.3 Å². The summed E-state index contributed by atoms with van der Waals surface area (Å²) in [6.07, 6.45) is 11.0. The number of carbonyl (C=O) groups is 2. The molecule has 6 rings (SSSR count). The molecule has 2 bridgehead atoms. The second-order valence-electron chi connectivity index (χ2n) is 9.00. The molecule has 1 aromatic rings. The van der Waals surface area contributed by atoms with Crippen LogP contribution in [0.4, 0.5) is 5.69 Å². The number of esters is 1. The highest BCUT2D eigenvalue weighted by molar-refractivity contribution is 6.11. The van der Waals surface area contributed by atoms with E-state index < -0.39 is 11.3 Å². The molecule has 0 N–H and O–H groups in total. The number of fused-ring (bicyclic) bond motifs is 2. The van der Waals surface area contributed by atoms with Crippen LogP contribution in [0.2, 0.25) is 0 Å². The number of hydrogen-bond donors (Lipinski definition) is 0. The van der Waals surface area contributed by atoms with E-state index in [1.807, 2.05) is 38.2 Å². The lowest BCUT2D eigenvalue weighted by molar-refractivity contribution is -0.159. The van der Waals surface area contributed by atoms with Crippen molar-refractivity contribution in [2.75, 3.05) is 31.6 Å². The van der Waals surface area contributed by atoms with E-state index in [1.165, 1.54) is 18.4 Å². The Labute approximate surface area is 178 Å². The Bertz CT molecular complexity index is 930. The normalized spacial score (nSPS) is 32.3. The molecule has 4 unspecified atom stereocenters. The third kappa shape index (κ3) is 2.60. The quantitative estimate of drug-likeness (QED) is 0.716. The summed E-state index contributed by atoms with van der Waals surface area (Å²) in [6, 6.07) is 7.97. The van der Waals surface area contributed by atoms with Crippen LogP contribution < -0.4 is 4.90 Å². The van der Waals surface area contributed by atoms with Crippen LogP contribution in [0.25, 0.3) is 0 Å². The summed E-state index contributed by atoms with van der Waals surface area (Å²) < 4.78 is 5.57. The number of para-hydroxylation sites is 1. The van der Waals surface area contributed by atoms with Crippen molar-refractivity contribution >= 4 is 17.6 Å². The maximum Gasteiger partial charge on any atom is 0.311 e. The van der Waals surface area contributed by atoms with Gasteiger partial charge >= 0.3 is 5.97 Å². The summed E-state index contributed by atoms with van der Waals surface area (Å²) >= 11 is 0. The van der Waals surface area contributed by atoms with E-state index in [9.17, 15) is 9.59 Å². The molecule has 1 amide bonds. The zero-order valence-electron chi connectivity index (χ0n) is 17.8. The first-order valence-corrected chi connectivity index (χ1v) is 11.3. The van der Waals surface area contributed by atoms with E-state index >= 15 is 0 Å². The molecular formula is C25H30N2O3. The van der Waals surface area contributed by atoms with Crippen LogP contribution in [0.3, 0.4) is 0 Å². The largest absolute Gasteiger partial charge is 0.466 e. The van der Waals surface area contributed by atoms with E-state index in [2.05, 4.69) is 23.3 Å². The summed E-state index contributed by atoms with van der Waals surface area (Å²) in [7, 11) is 1.83. The van der Waals surface area contributed by atoms with Gasteiger partial charge in [0.1, 0.15) is 0 Å². The molecule has 2 aliphatic heterocycles. The molecule has 5 aliphatic rings. The number of anilines is 1. The minimum absolute atomic E-state index is 0.00809. The lowest BCUT2D eigenvalue weighted by Gasteiger charge is -2.52. The zero-order chi connectivity index (χ0) is 20.9. The minimum Gasteiger partial charge on any atom is -0.466 e. The second-order valence-corrected chi connectivity index (χ2v) is 9.00. The highest BCUT2D eigenvalue weighted by Crippen LogP contribution is 2.61. The van der Waals surface area contributed by atoms with Crippen molar-refractivity contribution in [3.05, 3.63) is 53.8 Å². The zero-order valence-corrected chi connectivity index (χ0v) is 17.8. The van der Waals surface area contributed by atoms with E-state index in [0.717, 1.165) is 37.2 Å². The first kappa shape index (κ1) is 19.4. The van der Waals surface area contributed by atoms with Crippen molar-refractivity contribution in [2.24, 2.45) is 17.8 Å². The number of amides is 1. The number of allylic oxidation sites excluding steroid dienone is 3. The number of rotatable bonds is 4. The molecule has 2 heterocycles. The Kier molecular flexibility index (Phi) is 4.72. The highest BCUT2D eigenvalue weighted by atomic mass is 16.5. The molecule has 30 heavy (non-hydrogen) atoms. The molecule has 1 aromatic carbocycles. The Morgan fingerprint density at radius 1 is 1.23 bits per heavy atom. The predicted molar refractivity (Wildman–Crippen MR) is 116 cm³/mol. The van der Waals surface area contributed by atoms with E-state index in [0.29, 0.717) is 6.61 Å². The average molecular weight is 407 g/mol. The molecule has 1 saturated heterocycles. The van der Waals surface area contributed by atoms with Crippen LogP contribution in [0, 0.1) is 17.8 Å². The molecule has 158 valence electrons. The van der Waals surface area contributed by atoms with Gasteiger partial charge in [0.2, 0.25) is 5.91 Å². The summed E-state index contributed by atoms with van der Waals surface area (Å²) in [5, 5.41) is 0. The van der Waals surface area contributed by atoms with Gasteiger partial charge in [-0.3, -0.25) is 9.59 Å². The van der Waals surface area contributed by atoms with E-state index in [4.69, 9.17) is 4.74 Å².